The summed E-state index contributed by atoms with van der Waals surface area (Å²) in [6.07, 6.45) is 6.17. The van der Waals surface area contributed by atoms with E-state index in [0.717, 1.165) is 43.4 Å². The Hall–Kier alpha value is -3.68. The minimum atomic E-state index is -0.649. The van der Waals surface area contributed by atoms with E-state index in [1.165, 1.54) is 12.1 Å². The summed E-state index contributed by atoms with van der Waals surface area (Å²) in [5.41, 5.74) is 2.76. The fraction of sp³-hybridized carbons (Fsp3) is 0.469. The Morgan fingerprint density at radius 2 is 1.73 bits per heavy atom. The zero-order chi connectivity index (χ0) is 28.4. The highest BCUT2D eigenvalue weighted by molar-refractivity contribution is 6.46. The molecule has 2 aliphatic heterocycles. The Bertz CT molecular complexity index is 1340. The van der Waals surface area contributed by atoms with Crippen LogP contribution in [0.25, 0.3) is 0 Å². The van der Waals surface area contributed by atoms with Gasteiger partial charge in [-0.2, -0.15) is 0 Å². The van der Waals surface area contributed by atoms with Crippen molar-refractivity contribution in [2.45, 2.75) is 71.5 Å². The van der Waals surface area contributed by atoms with Crippen molar-refractivity contribution >= 4 is 17.5 Å². The second kappa shape index (κ2) is 11.4. The standard InChI is InChI=1S/C32H38FN5O2/c1-20(2)5-14-28(23-6-8-25(9-7-23)30(39)34-18-27-19-35-37-27)38-31(40)29(24-10-12-26(33)13-11-24)36-32(38)16-21(3)15-22(4)17-32/h6-13,19-22,28H,5,14-18H2,1-4H3,(H,34,39)/p+1. The molecule has 2 aromatic carbocycles. The van der Waals surface area contributed by atoms with Gasteiger partial charge in [-0.15, -0.1) is 5.11 Å². The molecule has 40 heavy (non-hydrogen) atoms. The summed E-state index contributed by atoms with van der Waals surface area (Å²) in [6, 6.07) is 13.5. The lowest BCUT2D eigenvalue weighted by Gasteiger charge is -2.47. The third-order valence-corrected chi connectivity index (χ3v) is 8.22. The summed E-state index contributed by atoms with van der Waals surface area (Å²) >= 11 is 0. The van der Waals surface area contributed by atoms with Crippen LogP contribution in [0.3, 0.4) is 0 Å². The molecule has 0 saturated heterocycles. The molecule has 0 bridgehead atoms. The second-order valence-electron chi connectivity index (χ2n) is 12.1. The zero-order valence-corrected chi connectivity index (χ0v) is 23.8. The predicted molar refractivity (Wildman–Crippen MR) is 152 cm³/mol. The van der Waals surface area contributed by atoms with Crippen molar-refractivity contribution in [3.8, 4) is 0 Å². The van der Waals surface area contributed by atoms with Gasteiger partial charge in [-0.05, 0) is 91.8 Å². The van der Waals surface area contributed by atoms with Gasteiger partial charge in [0.05, 0.1) is 12.6 Å². The van der Waals surface area contributed by atoms with Crippen molar-refractivity contribution in [3.63, 3.8) is 0 Å². The maximum absolute atomic E-state index is 14.3. The number of nitrogens with zero attached hydrogens (tertiary/aromatic N) is 3. The molecule has 2 heterocycles. The van der Waals surface area contributed by atoms with Crippen LogP contribution in [0.4, 0.5) is 4.39 Å². The lowest BCUT2D eigenvalue weighted by atomic mass is 9.75. The third kappa shape index (κ3) is 5.76. The number of halogens is 1. The van der Waals surface area contributed by atoms with E-state index in [1.807, 2.05) is 29.2 Å². The first-order chi connectivity index (χ1) is 19.1. The molecular formula is C32H39FN5O2+. The highest BCUT2D eigenvalue weighted by atomic mass is 19.1. The third-order valence-electron chi connectivity index (χ3n) is 8.22. The van der Waals surface area contributed by atoms with Crippen molar-refractivity contribution in [1.29, 1.82) is 0 Å². The first-order valence-corrected chi connectivity index (χ1v) is 14.4. The van der Waals surface area contributed by atoms with Gasteiger partial charge in [0.2, 0.25) is 6.20 Å². The van der Waals surface area contributed by atoms with E-state index in [1.54, 1.807) is 18.3 Å². The van der Waals surface area contributed by atoms with Crippen molar-refractivity contribution in [2.75, 3.05) is 6.54 Å². The van der Waals surface area contributed by atoms with Crippen LogP contribution in [0.5, 0.6) is 0 Å². The summed E-state index contributed by atoms with van der Waals surface area (Å²) in [4.78, 5) is 34.3. The van der Waals surface area contributed by atoms with Gasteiger partial charge in [0, 0.05) is 16.2 Å². The maximum atomic E-state index is 14.3. The molecule has 1 aliphatic carbocycles. The summed E-state index contributed by atoms with van der Waals surface area (Å²) in [6.45, 7) is 9.23. The van der Waals surface area contributed by atoms with Crippen molar-refractivity contribution < 1.29 is 19.1 Å². The molecule has 210 valence electrons. The molecule has 1 saturated carbocycles. The van der Waals surface area contributed by atoms with Gasteiger partial charge in [-0.1, -0.05) is 39.8 Å². The topological polar surface area (TPSA) is 88.1 Å². The lowest BCUT2D eigenvalue weighted by Crippen LogP contribution is -2.64. The average Bonchev–Trinajstić information content (AvgIpc) is 3.14. The van der Waals surface area contributed by atoms with E-state index >= 15 is 0 Å². The van der Waals surface area contributed by atoms with E-state index in [2.05, 4.69) is 43.2 Å². The molecular weight excluding hydrogens is 505 g/mol. The first kappa shape index (κ1) is 27.9. The zero-order valence-electron chi connectivity index (χ0n) is 23.8. The number of benzene rings is 2. The maximum Gasteiger partial charge on any atom is 0.275 e. The molecule has 3 atom stereocenters. The molecule has 5 rings (SSSR count). The van der Waals surface area contributed by atoms with Crippen LogP contribution in [0.2, 0.25) is 0 Å². The van der Waals surface area contributed by atoms with Gasteiger partial charge in [0.15, 0.2) is 5.70 Å². The number of carbonyl (C=O) groups excluding carboxylic acids is 2. The Balaban J connectivity index is 1.49. The molecule has 3 aliphatic rings. The van der Waals surface area contributed by atoms with E-state index in [-0.39, 0.29) is 23.7 Å². The van der Waals surface area contributed by atoms with E-state index < -0.39 is 5.66 Å². The molecule has 1 spiro atoms. The SMILES string of the molecule is CC(C)CCC(c1ccc(C(=O)NCC2=C[NH+]=N2)cc1)N1C(=O)C(c2ccc(F)cc2)=NC12CC(C)CC(C)C2. The lowest BCUT2D eigenvalue weighted by molar-refractivity contribution is -0.478. The van der Waals surface area contributed by atoms with Crippen LogP contribution in [0.1, 0.15) is 87.3 Å². The number of aliphatic imine (C=N–C) groups is 1. The minimum Gasteiger partial charge on any atom is -0.346 e. The Labute approximate surface area is 235 Å². The summed E-state index contributed by atoms with van der Waals surface area (Å²) in [7, 11) is 0. The first-order valence-electron chi connectivity index (χ1n) is 14.4. The molecule has 3 unspecified atom stereocenters. The van der Waals surface area contributed by atoms with Gasteiger partial charge in [-0.25, -0.2) is 4.39 Å². The Morgan fingerprint density at radius 1 is 1.07 bits per heavy atom. The summed E-state index contributed by atoms with van der Waals surface area (Å²) in [5.74, 6) is 0.688. The van der Waals surface area contributed by atoms with Crippen molar-refractivity contribution in [2.24, 2.45) is 27.9 Å². The largest absolute Gasteiger partial charge is 0.346 e. The number of azo groups is 1. The van der Waals surface area contributed by atoms with Crippen LogP contribution in [-0.4, -0.2) is 34.6 Å². The molecule has 2 amide bonds. The van der Waals surface area contributed by atoms with E-state index in [9.17, 15) is 14.0 Å². The highest BCUT2D eigenvalue weighted by Crippen LogP contribution is 2.48. The van der Waals surface area contributed by atoms with Gasteiger partial charge < -0.3 is 10.2 Å². The number of amides is 2. The van der Waals surface area contributed by atoms with Gasteiger partial charge in [-0.3, -0.25) is 14.6 Å². The van der Waals surface area contributed by atoms with Gasteiger partial charge in [0.1, 0.15) is 17.2 Å². The monoisotopic (exact) mass is 544 g/mol. The molecule has 7 nitrogen and oxygen atoms in total. The molecule has 0 aromatic heterocycles. The molecule has 0 radical (unpaired) electrons. The quantitative estimate of drug-likeness (QED) is 0.470. The normalized spacial score (nSPS) is 24.6. The van der Waals surface area contributed by atoms with Gasteiger partial charge in [0.25, 0.3) is 11.8 Å². The Kier molecular flexibility index (Phi) is 7.97. The van der Waals surface area contributed by atoms with Gasteiger partial charge >= 0.3 is 0 Å². The fourth-order valence-corrected chi connectivity index (χ4v) is 6.49. The summed E-state index contributed by atoms with van der Waals surface area (Å²) in [5, 5.41) is 9.55. The van der Waals surface area contributed by atoms with Crippen LogP contribution < -0.4 is 10.4 Å². The molecule has 2 N–H and O–H groups in total. The van der Waals surface area contributed by atoms with Crippen LogP contribution in [0.15, 0.2) is 70.5 Å². The second-order valence-corrected chi connectivity index (χ2v) is 12.1. The predicted octanol–water partition coefficient (Wildman–Crippen LogP) is 4.90. The van der Waals surface area contributed by atoms with Crippen LogP contribution in [0, 0.1) is 23.6 Å². The average molecular weight is 545 g/mol. The van der Waals surface area contributed by atoms with Crippen LogP contribution in [-0.2, 0) is 4.79 Å². The van der Waals surface area contributed by atoms with E-state index in [0.29, 0.717) is 41.1 Å². The fourth-order valence-electron chi connectivity index (χ4n) is 6.49. The number of rotatable bonds is 9. The van der Waals surface area contributed by atoms with Crippen molar-refractivity contribution in [1.82, 2.24) is 10.2 Å². The minimum absolute atomic E-state index is 0.102. The molecule has 2 aromatic rings. The molecule has 8 heteroatoms. The van der Waals surface area contributed by atoms with E-state index in [4.69, 9.17) is 4.99 Å². The Morgan fingerprint density at radius 3 is 2.30 bits per heavy atom. The summed E-state index contributed by atoms with van der Waals surface area (Å²) < 4.78 is 13.7. The highest BCUT2D eigenvalue weighted by Gasteiger charge is 2.53. The smallest absolute Gasteiger partial charge is 0.275 e. The molecule has 1 fully saturated rings. The number of hydrogen-bond acceptors (Lipinski definition) is 4. The number of hydrogen-bond donors (Lipinski definition) is 2. The van der Waals surface area contributed by atoms with Crippen molar-refractivity contribution in [3.05, 3.63) is 82.9 Å². The number of nitrogens with one attached hydrogen (secondary N) is 2. The van der Waals surface area contributed by atoms with Crippen LogP contribution >= 0.6 is 0 Å². The number of carbonyl (C=O) groups is 2.